The Labute approximate surface area is 105 Å². The van der Waals surface area contributed by atoms with Gasteiger partial charge in [-0.3, -0.25) is 0 Å². The molecule has 3 rings (SSSR count). The van der Waals surface area contributed by atoms with Crippen LogP contribution in [0, 0.1) is 6.92 Å². The fraction of sp³-hybridized carbons (Fsp3) is 0.357. The van der Waals surface area contributed by atoms with Crippen LogP contribution in [-0.2, 0) is 5.41 Å². The van der Waals surface area contributed by atoms with Crippen LogP contribution in [-0.4, -0.2) is 16.7 Å². The minimum absolute atomic E-state index is 0.00720. The van der Waals surface area contributed by atoms with Crippen LogP contribution in [0.2, 0.25) is 0 Å². The molecule has 3 heteroatoms. The molecule has 2 aromatic rings. The molecule has 88 valence electrons. The van der Waals surface area contributed by atoms with E-state index >= 15 is 0 Å². The summed E-state index contributed by atoms with van der Waals surface area (Å²) < 4.78 is 0. The standard InChI is InChI=1S/C14H15NOS/c1-10-3-2-4-11(7-10)12-8-17-13(15-12)14(9-16)5-6-14/h2-4,7-8,16H,5-6,9H2,1H3. The van der Waals surface area contributed by atoms with Crippen LogP contribution in [0.3, 0.4) is 0 Å². The van der Waals surface area contributed by atoms with Gasteiger partial charge in [0.1, 0.15) is 5.01 Å². The fourth-order valence-electron chi connectivity index (χ4n) is 2.04. The van der Waals surface area contributed by atoms with Crippen LogP contribution in [0.15, 0.2) is 29.6 Å². The maximum atomic E-state index is 9.40. The van der Waals surface area contributed by atoms with E-state index in [9.17, 15) is 5.11 Å². The lowest BCUT2D eigenvalue weighted by atomic mass is 10.1. The number of aliphatic hydroxyl groups is 1. The van der Waals surface area contributed by atoms with Crippen molar-refractivity contribution in [1.29, 1.82) is 0 Å². The largest absolute Gasteiger partial charge is 0.395 e. The Morgan fingerprint density at radius 1 is 1.41 bits per heavy atom. The second-order valence-corrected chi connectivity index (χ2v) is 5.70. The van der Waals surface area contributed by atoms with Crippen molar-refractivity contribution in [3.8, 4) is 11.3 Å². The van der Waals surface area contributed by atoms with E-state index in [0.717, 1.165) is 23.5 Å². The number of thiazole rings is 1. The molecule has 1 aromatic heterocycles. The van der Waals surface area contributed by atoms with Gasteiger partial charge in [0.25, 0.3) is 0 Å². The zero-order valence-corrected chi connectivity index (χ0v) is 10.6. The van der Waals surface area contributed by atoms with E-state index < -0.39 is 0 Å². The number of hydrogen-bond acceptors (Lipinski definition) is 3. The highest BCUT2D eigenvalue weighted by molar-refractivity contribution is 7.10. The number of aryl methyl sites for hydroxylation is 1. The van der Waals surface area contributed by atoms with Crippen LogP contribution < -0.4 is 0 Å². The highest BCUT2D eigenvalue weighted by Gasteiger charge is 2.46. The van der Waals surface area contributed by atoms with Crippen molar-refractivity contribution < 1.29 is 5.11 Å². The van der Waals surface area contributed by atoms with Crippen LogP contribution in [0.5, 0.6) is 0 Å². The van der Waals surface area contributed by atoms with Crippen LogP contribution >= 0.6 is 11.3 Å². The molecule has 2 nitrogen and oxygen atoms in total. The molecule has 0 saturated heterocycles. The molecule has 1 fully saturated rings. The Hall–Kier alpha value is -1.19. The summed E-state index contributed by atoms with van der Waals surface area (Å²) >= 11 is 1.67. The quantitative estimate of drug-likeness (QED) is 0.901. The summed E-state index contributed by atoms with van der Waals surface area (Å²) in [6.45, 7) is 2.32. The second kappa shape index (κ2) is 3.93. The summed E-state index contributed by atoms with van der Waals surface area (Å²) in [5.74, 6) is 0. The zero-order chi connectivity index (χ0) is 11.9. The summed E-state index contributed by atoms with van der Waals surface area (Å²) in [7, 11) is 0. The van der Waals surface area contributed by atoms with E-state index in [4.69, 9.17) is 0 Å². The highest BCUT2D eigenvalue weighted by Crippen LogP contribution is 2.49. The highest BCUT2D eigenvalue weighted by atomic mass is 32.1. The van der Waals surface area contributed by atoms with E-state index in [1.54, 1.807) is 11.3 Å². The van der Waals surface area contributed by atoms with Crippen LogP contribution in [0.4, 0.5) is 0 Å². The van der Waals surface area contributed by atoms with Gasteiger partial charge in [-0.15, -0.1) is 11.3 Å². The lowest BCUT2D eigenvalue weighted by molar-refractivity contribution is 0.255. The van der Waals surface area contributed by atoms with Gasteiger partial charge in [-0.25, -0.2) is 4.98 Å². The number of aliphatic hydroxyl groups excluding tert-OH is 1. The van der Waals surface area contributed by atoms with Crippen molar-refractivity contribution in [3.63, 3.8) is 0 Å². The first-order chi connectivity index (χ1) is 8.23. The van der Waals surface area contributed by atoms with Gasteiger partial charge < -0.3 is 5.11 Å². The maximum Gasteiger partial charge on any atom is 0.102 e. The van der Waals surface area contributed by atoms with E-state index in [1.807, 2.05) is 0 Å². The molecular formula is C14H15NOS. The Kier molecular flexibility index (Phi) is 2.53. The van der Waals surface area contributed by atoms with Gasteiger partial charge in [0.05, 0.1) is 12.3 Å². The Morgan fingerprint density at radius 3 is 2.88 bits per heavy atom. The van der Waals surface area contributed by atoms with E-state index in [2.05, 4.69) is 41.6 Å². The van der Waals surface area contributed by atoms with Gasteiger partial charge in [-0.05, 0) is 25.8 Å². The topological polar surface area (TPSA) is 33.1 Å². The zero-order valence-electron chi connectivity index (χ0n) is 9.81. The number of hydrogen-bond donors (Lipinski definition) is 1. The first-order valence-corrected chi connectivity index (χ1v) is 6.75. The monoisotopic (exact) mass is 245 g/mol. The average Bonchev–Trinajstić information content (AvgIpc) is 2.99. The fourth-order valence-corrected chi connectivity index (χ4v) is 3.13. The summed E-state index contributed by atoms with van der Waals surface area (Å²) in [4.78, 5) is 4.69. The summed E-state index contributed by atoms with van der Waals surface area (Å²) in [6.07, 6.45) is 2.15. The number of benzene rings is 1. The van der Waals surface area contributed by atoms with Crippen molar-refractivity contribution in [1.82, 2.24) is 4.98 Å². The summed E-state index contributed by atoms with van der Waals surface area (Å²) in [5.41, 5.74) is 3.45. The maximum absolute atomic E-state index is 9.40. The molecule has 1 aliphatic rings. The van der Waals surface area contributed by atoms with Gasteiger partial charge in [0, 0.05) is 16.4 Å². The molecule has 0 radical (unpaired) electrons. The van der Waals surface area contributed by atoms with Crippen molar-refractivity contribution in [2.75, 3.05) is 6.61 Å². The average molecular weight is 245 g/mol. The normalized spacial score (nSPS) is 17.1. The molecular weight excluding hydrogens is 230 g/mol. The molecule has 0 spiro atoms. The third kappa shape index (κ3) is 1.90. The van der Waals surface area contributed by atoms with Crippen molar-refractivity contribution in [3.05, 3.63) is 40.2 Å². The van der Waals surface area contributed by atoms with Crippen molar-refractivity contribution in [2.45, 2.75) is 25.2 Å². The Morgan fingerprint density at radius 2 is 2.24 bits per heavy atom. The minimum Gasteiger partial charge on any atom is -0.395 e. The lowest BCUT2D eigenvalue weighted by Crippen LogP contribution is -2.11. The summed E-state index contributed by atoms with van der Waals surface area (Å²) in [6, 6.07) is 8.39. The molecule has 1 aromatic carbocycles. The first kappa shape index (κ1) is 10.9. The van der Waals surface area contributed by atoms with Gasteiger partial charge in [-0.2, -0.15) is 0 Å². The minimum atomic E-state index is -0.00720. The third-order valence-electron chi connectivity index (χ3n) is 3.43. The molecule has 1 aliphatic carbocycles. The van der Waals surface area contributed by atoms with Crippen LogP contribution in [0.25, 0.3) is 11.3 Å². The molecule has 1 N–H and O–H groups in total. The first-order valence-electron chi connectivity index (χ1n) is 5.87. The molecule has 0 bridgehead atoms. The molecule has 1 heterocycles. The second-order valence-electron chi connectivity index (χ2n) is 4.85. The van der Waals surface area contributed by atoms with Crippen LogP contribution in [0.1, 0.15) is 23.4 Å². The van der Waals surface area contributed by atoms with Gasteiger partial charge in [0.2, 0.25) is 0 Å². The van der Waals surface area contributed by atoms with E-state index in [0.29, 0.717) is 0 Å². The van der Waals surface area contributed by atoms with E-state index in [1.165, 1.54) is 11.1 Å². The Balaban J connectivity index is 1.95. The van der Waals surface area contributed by atoms with Crippen molar-refractivity contribution in [2.24, 2.45) is 0 Å². The SMILES string of the molecule is Cc1cccc(-c2csc(C3(CO)CC3)n2)c1. The van der Waals surface area contributed by atoms with Crippen molar-refractivity contribution >= 4 is 11.3 Å². The predicted octanol–water partition coefficient (Wildman–Crippen LogP) is 3.14. The molecule has 17 heavy (non-hydrogen) atoms. The lowest BCUT2D eigenvalue weighted by Gasteiger charge is -2.06. The number of rotatable bonds is 3. The smallest absolute Gasteiger partial charge is 0.102 e. The predicted molar refractivity (Wildman–Crippen MR) is 70.3 cm³/mol. The van der Waals surface area contributed by atoms with Gasteiger partial charge >= 0.3 is 0 Å². The van der Waals surface area contributed by atoms with Gasteiger partial charge in [0.15, 0.2) is 0 Å². The third-order valence-corrected chi connectivity index (χ3v) is 4.52. The number of nitrogens with zero attached hydrogens (tertiary/aromatic N) is 1. The molecule has 1 saturated carbocycles. The molecule has 0 aliphatic heterocycles. The Bertz CT molecular complexity index is 543. The molecule has 0 amide bonds. The molecule has 0 atom stereocenters. The molecule has 0 unspecified atom stereocenters. The van der Waals surface area contributed by atoms with E-state index in [-0.39, 0.29) is 12.0 Å². The number of aromatic nitrogens is 1. The summed E-state index contributed by atoms with van der Waals surface area (Å²) in [5, 5.41) is 12.6. The van der Waals surface area contributed by atoms with Gasteiger partial charge in [-0.1, -0.05) is 23.8 Å².